The van der Waals surface area contributed by atoms with Crippen molar-refractivity contribution in [2.24, 2.45) is 5.73 Å². The molecule has 0 spiro atoms. The average Bonchev–Trinajstić information content (AvgIpc) is 3.38. The predicted molar refractivity (Wildman–Crippen MR) is 104 cm³/mol. The summed E-state index contributed by atoms with van der Waals surface area (Å²) in [5, 5.41) is 15.0. The van der Waals surface area contributed by atoms with Gasteiger partial charge in [0.05, 0.1) is 12.7 Å². The van der Waals surface area contributed by atoms with Gasteiger partial charge in [0.1, 0.15) is 6.33 Å². The molecule has 34 heavy (non-hydrogen) atoms. The Balaban J connectivity index is 0.000000509. The zero-order valence-corrected chi connectivity index (χ0v) is 17.3. The molecule has 0 aromatic carbocycles. The number of aromatic nitrogens is 6. The third-order valence-electron chi connectivity index (χ3n) is 4.17. The van der Waals surface area contributed by atoms with Gasteiger partial charge in [-0.1, -0.05) is 0 Å². The molecule has 184 valence electrons. The summed E-state index contributed by atoms with van der Waals surface area (Å²) < 4.78 is 75.0. The number of nitrogens with two attached hydrogens (primary N) is 1. The Bertz CT molecular complexity index is 1240. The number of hydrogen-bond acceptors (Lipinski definition) is 6. The van der Waals surface area contributed by atoms with Crippen LogP contribution in [0.4, 0.5) is 26.3 Å². The van der Waals surface area contributed by atoms with Crippen molar-refractivity contribution in [2.75, 3.05) is 6.54 Å². The number of alkyl halides is 3. The highest BCUT2D eigenvalue weighted by molar-refractivity contribution is 5.73. The third-order valence-corrected chi connectivity index (χ3v) is 4.17. The van der Waals surface area contributed by atoms with Crippen LogP contribution in [0.5, 0.6) is 0 Å². The van der Waals surface area contributed by atoms with Crippen LogP contribution in [0.25, 0.3) is 16.9 Å². The molecule has 0 unspecified atom stereocenters. The molecule has 0 aliphatic heterocycles. The van der Waals surface area contributed by atoms with Crippen LogP contribution in [-0.2, 0) is 17.9 Å². The van der Waals surface area contributed by atoms with E-state index in [0.29, 0.717) is 17.7 Å². The Kier molecular flexibility index (Phi) is 8.34. The monoisotopic (exact) mass is 493 g/mol. The van der Waals surface area contributed by atoms with Gasteiger partial charge in [-0.05, 0) is 13.0 Å². The quantitative estimate of drug-likeness (QED) is 0.503. The molecular formula is C18H17F6N7O3. The third kappa shape index (κ3) is 6.31. The molecule has 0 radical (unpaired) electrons. The van der Waals surface area contributed by atoms with E-state index in [1.165, 1.54) is 12.3 Å². The summed E-state index contributed by atoms with van der Waals surface area (Å²) in [5.74, 6) is -3.80. The van der Waals surface area contributed by atoms with Crippen molar-refractivity contribution in [2.45, 2.75) is 26.2 Å². The highest BCUT2D eigenvalue weighted by atomic mass is 19.4. The maximum absolute atomic E-state index is 14.5. The number of aryl methyl sites for hydroxylation is 1. The number of halogens is 6. The van der Waals surface area contributed by atoms with E-state index in [2.05, 4.69) is 15.2 Å². The van der Waals surface area contributed by atoms with Crippen LogP contribution < -0.4 is 11.4 Å². The van der Waals surface area contributed by atoms with Gasteiger partial charge in [-0.3, -0.25) is 4.68 Å². The Hall–Kier alpha value is -3.95. The molecule has 3 rings (SSSR count). The highest BCUT2D eigenvalue weighted by Gasteiger charge is 2.38. The van der Waals surface area contributed by atoms with Crippen LogP contribution in [0.2, 0.25) is 0 Å². The summed E-state index contributed by atoms with van der Waals surface area (Å²) in [6.45, 7) is 1.68. The van der Waals surface area contributed by atoms with E-state index in [0.717, 1.165) is 15.6 Å². The molecule has 0 fully saturated rings. The summed E-state index contributed by atoms with van der Waals surface area (Å²) in [5.41, 5.74) is 5.16. The van der Waals surface area contributed by atoms with Crippen molar-refractivity contribution in [3.63, 3.8) is 0 Å². The van der Waals surface area contributed by atoms with E-state index < -0.39 is 48.4 Å². The van der Waals surface area contributed by atoms with Gasteiger partial charge in [-0.2, -0.15) is 32.1 Å². The first-order valence-electron chi connectivity index (χ1n) is 9.25. The maximum atomic E-state index is 14.5. The number of carboxylic acid groups (broad SMARTS) is 1. The second kappa shape index (κ2) is 10.8. The zero-order chi connectivity index (χ0) is 25.6. The predicted octanol–water partition coefficient (Wildman–Crippen LogP) is 2.19. The Morgan fingerprint density at radius 3 is 2.29 bits per heavy atom. The molecule has 0 bridgehead atoms. The fraction of sp³-hybridized carbons (Fsp3) is 0.278. The minimum atomic E-state index is -5.08. The lowest BCUT2D eigenvalue weighted by Gasteiger charge is -2.04. The number of nitrogens with zero attached hydrogens (tertiary/aromatic N) is 6. The van der Waals surface area contributed by atoms with Gasteiger partial charge in [-0.25, -0.2) is 28.2 Å². The van der Waals surface area contributed by atoms with Gasteiger partial charge >= 0.3 is 17.8 Å². The van der Waals surface area contributed by atoms with E-state index in [-0.39, 0.29) is 5.82 Å². The van der Waals surface area contributed by atoms with Crippen LogP contribution in [-0.4, -0.2) is 52.9 Å². The molecule has 16 heteroatoms. The van der Waals surface area contributed by atoms with Crippen molar-refractivity contribution < 1.29 is 36.2 Å². The van der Waals surface area contributed by atoms with Gasteiger partial charge in [0.15, 0.2) is 11.6 Å². The fourth-order valence-electron chi connectivity index (χ4n) is 2.42. The summed E-state index contributed by atoms with van der Waals surface area (Å²) in [7, 11) is 0. The molecule has 0 saturated carbocycles. The molecule has 3 heterocycles. The number of aliphatic carboxylic acids is 1. The zero-order valence-electron chi connectivity index (χ0n) is 17.3. The first kappa shape index (κ1) is 26.3. The van der Waals surface area contributed by atoms with E-state index in [1.807, 2.05) is 6.92 Å². The van der Waals surface area contributed by atoms with E-state index in [1.54, 1.807) is 17.1 Å². The Morgan fingerprint density at radius 2 is 1.82 bits per heavy atom. The molecule has 3 aromatic rings. The average molecular weight is 493 g/mol. The number of hydrogen-bond donors (Lipinski definition) is 2. The summed E-state index contributed by atoms with van der Waals surface area (Å²) >= 11 is 0. The lowest BCUT2D eigenvalue weighted by Crippen LogP contribution is -2.27. The number of pyridine rings is 1. The lowest BCUT2D eigenvalue weighted by molar-refractivity contribution is -0.192. The van der Waals surface area contributed by atoms with Crippen molar-refractivity contribution >= 4 is 5.97 Å². The summed E-state index contributed by atoms with van der Waals surface area (Å²) in [6, 6.07) is 1.22. The first-order chi connectivity index (χ1) is 15.9. The summed E-state index contributed by atoms with van der Waals surface area (Å²) in [6.07, 6.45) is -1.32. The van der Waals surface area contributed by atoms with E-state index in [9.17, 15) is 31.1 Å². The highest BCUT2D eigenvalue weighted by Crippen LogP contribution is 2.21. The minimum absolute atomic E-state index is 0.281. The number of rotatable bonds is 6. The minimum Gasteiger partial charge on any atom is -0.475 e. The maximum Gasteiger partial charge on any atom is 0.490 e. The largest absolute Gasteiger partial charge is 0.490 e. The number of carboxylic acids is 1. The van der Waals surface area contributed by atoms with Gasteiger partial charge in [0.25, 0.3) is 6.08 Å². The molecular weight excluding hydrogens is 476 g/mol. The van der Waals surface area contributed by atoms with Crippen LogP contribution in [0.15, 0.2) is 47.4 Å². The van der Waals surface area contributed by atoms with Crippen LogP contribution in [0.1, 0.15) is 6.92 Å². The molecule has 0 aliphatic rings. The molecule has 3 N–H and O–H groups in total. The standard InChI is InChI=1S/C16H16F3N7O.C2HF3O2/c1-2-24-7-12(6-22-24)10-3-13(17)15(21-5-10)25-9-23-26(16(25)27)8-11(4-20)14(18)19;3-2(4,5)1(6)7/h3,5-7,9H,2,4,8,20H2,1H3;(H,6,7). The van der Waals surface area contributed by atoms with Crippen LogP contribution in [0.3, 0.4) is 0 Å². The van der Waals surface area contributed by atoms with E-state index >= 15 is 0 Å². The first-order valence-corrected chi connectivity index (χ1v) is 9.25. The fourth-order valence-corrected chi connectivity index (χ4v) is 2.42. The van der Waals surface area contributed by atoms with Gasteiger partial charge in [0, 0.05) is 42.2 Å². The van der Waals surface area contributed by atoms with Gasteiger partial charge in [0.2, 0.25) is 0 Å². The SMILES string of the molecule is CCn1cc(-c2cnc(-n3cnn(CC(CN)=C(F)F)c3=O)c(F)c2)cn1.O=C(O)C(F)(F)F. The molecule has 10 nitrogen and oxygen atoms in total. The molecule has 0 aliphatic carbocycles. The Labute approximate surface area is 186 Å². The van der Waals surface area contributed by atoms with Crippen LogP contribution >= 0.6 is 0 Å². The molecule has 0 amide bonds. The van der Waals surface area contributed by atoms with Gasteiger partial charge < -0.3 is 10.8 Å². The van der Waals surface area contributed by atoms with Crippen molar-refractivity contribution in [3.05, 3.63) is 58.9 Å². The number of carbonyl (C=O) groups is 1. The second-order valence-corrected chi connectivity index (χ2v) is 6.43. The van der Waals surface area contributed by atoms with E-state index in [4.69, 9.17) is 15.6 Å². The summed E-state index contributed by atoms with van der Waals surface area (Å²) in [4.78, 5) is 25.2. The lowest BCUT2D eigenvalue weighted by atomic mass is 10.1. The van der Waals surface area contributed by atoms with Crippen LogP contribution in [0, 0.1) is 5.82 Å². The normalized spacial score (nSPS) is 11.1. The molecule has 0 atom stereocenters. The van der Waals surface area contributed by atoms with Crippen molar-refractivity contribution in [1.29, 1.82) is 0 Å². The van der Waals surface area contributed by atoms with Gasteiger partial charge in [-0.15, -0.1) is 0 Å². The molecule has 3 aromatic heterocycles. The van der Waals surface area contributed by atoms with Crippen molar-refractivity contribution in [1.82, 2.24) is 29.1 Å². The van der Waals surface area contributed by atoms with Crippen molar-refractivity contribution in [3.8, 4) is 16.9 Å². The topological polar surface area (TPSA) is 134 Å². The smallest absolute Gasteiger partial charge is 0.475 e. The molecule has 0 saturated heterocycles. The second-order valence-electron chi connectivity index (χ2n) is 6.43. The Morgan fingerprint density at radius 1 is 1.18 bits per heavy atom.